The second kappa shape index (κ2) is 9.21. The Balaban J connectivity index is 1.91. The summed E-state index contributed by atoms with van der Waals surface area (Å²) in [5.74, 6) is -0.497. The van der Waals surface area contributed by atoms with Gasteiger partial charge < -0.3 is 4.55 Å². The van der Waals surface area contributed by atoms with Crippen molar-refractivity contribution in [2.75, 3.05) is 0 Å². The lowest BCUT2D eigenvalue weighted by Gasteiger charge is -2.14. The van der Waals surface area contributed by atoms with Gasteiger partial charge in [0, 0.05) is 11.3 Å². The summed E-state index contributed by atoms with van der Waals surface area (Å²) in [6.45, 7) is 3.76. The number of halogens is 1. The van der Waals surface area contributed by atoms with Gasteiger partial charge in [-0.1, -0.05) is 72.3 Å². The first-order valence-corrected chi connectivity index (χ1v) is 11.0. The smallest absolute Gasteiger partial charge is 0.279 e. The Morgan fingerprint density at radius 2 is 1.72 bits per heavy atom. The SMILES string of the molecule is C=Cc1cccc(-n2ncc(-c3ccc(CS(=O)[O-])cc3)c(-c3ccc(F)cc3)c2=O)c1. The first-order valence-electron chi connectivity index (χ1n) is 9.72. The predicted octanol–water partition coefficient (Wildman–Crippen LogP) is 4.73. The number of benzene rings is 3. The minimum Gasteiger partial charge on any atom is -0.772 e. The molecule has 32 heavy (non-hydrogen) atoms. The molecule has 0 aliphatic heterocycles. The normalized spacial score (nSPS) is 11.8. The third kappa shape index (κ3) is 4.49. The summed E-state index contributed by atoms with van der Waals surface area (Å²) in [7, 11) is 0. The maximum atomic E-state index is 13.6. The van der Waals surface area contributed by atoms with Crippen LogP contribution in [-0.2, 0) is 16.8 Å². The third-order valence-corrected chi connectivity index (χ3v) is 5.58. The summed E-state index contributed by atoms with van der Waals surface area (Å²) in [5, 5.41) is 4.37. The van der Waals surface area contributed by atoms with Crippen molar-refractivity contribution >= 4 is 17.2 Å². The summed E-state index contributed by atoms with van der Waals surface area (Å²) in [6.07, 6.45) is 3.27. The molecule has 7 heteroatoms. The molecule has 0 amide bonds. The van der Waals surface area contributed by atoms with E-state index in [0.717, 1.165) is 5.56 Å². The summed E-state index contributed by atoms with van der Waals surface area (Å²) in [4.78, 5) is 13.6. The molecule has 1 heterocycles. The quantitative estimate of drug-likeness (QED) is 0.402. The van der Waals surface area contributed by atoms with Crippen molar-refractivity contribution in [3.05, 3.63) is 113 Å². The molecule has 0 fully saturated rings. The summed E-state index contributed by atoms with van der Waals surface area (Å²) in [6, 6.07) is 19.8. The zero-order chi connectivity index (χ0) is 22.7. The van der Waals surface area contributed by atoms with Crippen LogP contribution >= 0.6 is 0 Å². The van der Waals surface area contributed by atoms with Gasteiger partial charge in [0.25, 0.3) is 5.56 Å². The molecule has 1 unspecified atom stereocenters. The second-order valence-corrected chi connectivity index (χ2v) is 8.00. The molecule has 0 N–H and O–H groups in total. The van der Waals surface area contributed by atoms with Gasteiger partial charge in [0.2, 0.25) is 0 Å². The molecule has 0 radical (unpaired) electrons. The van der Waals surface area contributed by atoms with Crippen molar-refractivity contribution in [3.63, 3.8) is 0 Å². The van der Waals surface area contributed by atoms with Crippen molar-refractivity contribution < 1.29 is 13.2 Å². The minimum atomic E-state index is -2.19. The number of aromatic nitrogens is 2. The minimum absolute atomic E-state index is 0.0927. The molecule has 4 aromatic rings. The molecule has 0 bridgehead atoms. The Morgan fingerprint density at radius 3 is 2.38 bits per heavy atom. The molecule has 1 aromatic heterocycles. The van der Waals surface area contributed by atoms with E-state index >= 15 is 0 Å². The van der Waals surface area contributed by atoms with E-state index < -0.39 is 16.9 Å². The number of hydrogen-bond acceptors (Lipinski definition) is 4. The highest BCUT2D eigenvalue weighted by Gasteiger charge is 2.16. The summed E-state index contributed by atoms with van der Waals surface area (Å²) < 4.78 is 36.8. The monoisotopic (exact) mass is 445 g/mol. The van der Waals surface area contributed by atoms with Crippen LogP contribution in [0.5, 0.6) is 0 Å². The molecule has 0 spiro atoms. The van der Waals surface area contributed by atoms with Gasteiger partial charge in [0.15, 0.2) is 0 Å². The highest BCUT2D eigenvalue weighted by atomic mass is 32.2. The van der Waals surface area contributed by atoms with Crippen molar-refractivity contribution in [2.45, 2.75) is 5.75 Å². The van der Waals surface area contributed by atoms with Crippen LogP contribution in [0.2, 0.25) is 0 Å². The topological polar surface area (TPSA) is 75.0 Å². The zero-order valence-electron chi connectivity index (χ0n) is 16.9. The standard InChI is InChI=1S/C25H19FN2O3S/c1-2-17-4-3-5-22(14-17)28-25(29)24(20-10-12-21(26)13-11-20)23(15-27-28)19-8-6-18(7-9-19)16-32(30)31/h2-15H,1,16H2,(H,30,31)/p-1. The van der Waals surface area contributed by atoms with Crippen LogP contribution in [-0.4, -0.2) is 18.5 Å². The van der Waals surface area contributed by atoms with Gasteiger partial charge in [-0.15, -0.1) is 0 Å². The predicted molar refractivity (Wildman–Crippen MR) is 123 cm³/mol. The summed E-state index contributed by atoms with van der Waals surface area (Å²) >= 11 is -2.19. The van der Waals surface area contributed by atoms with Crippen LogP contribution in [0.3, 0.4) is 0 Å². The van der Waals surface area contributed by atoms with Crippen molar-refractivity contribution in [2.24, 2.45) is 0 Å². The fourth-order valence-electron chi connectivity index (χ4n) is 3.45. The first kappa shape index (κ1) is 21.5. The van der Waals surface area contributed by atoms with Gasteiger partial charge >= 0.3 is 0 Å². The Kier molecular flexibility index (Phi) is 6.20. The van der Waals surface area contributed by atoms with Crippen molar-refractivity contribution in [1.82, 2.24) is 9.78 Å². The molecule has 4 rings (SSSR count). The lowest BCUT2D eigenvalue weighted by atomic mass is 9.96. The van der Waals surface area contributed by atoms with Crippen LogP contribution in [0, 0.1) is 5.82 Å². The van der Waals surface area contributed by atoms with E-state index in [2.05, 4.69) is 11.7 Å². The molecular weight excluding hydrogens is 427 g/mol. The average molecular weight is 445 g/mol. The van der Waals surface area contributed by atoms with E-state index in [1.165, 1.54) is 16.8 Å². The van der Waals surface area contributed by atoms with Gasteiger partial charge in [0.05, 0.1) is 17.4 Å². The Hall–Kier alpha value is -3.68. The van der Waals surface area contributed by atoms with Gasteiger partial charge in [0.1, 0.15) is 5.82 Å². The molecular formula is C25H18FN2O3S-. The van der Waals surface area contributed by atoms with Gasteiger partial charge in [-0.3, -0.25) is 9.00 Å². The molecule has 1 atom stereocenters. The van der Waals surface area contributed by atoms with E-state index in [1.54, 1.807) is 60.8 Å². The molecule has 0 aliphatic rings. The molecule has 0 saturated heterocycles. The maximum Gasteiger partial charge on any atom is 0.279 e. The van der Waals surface area contributed by atoms with E-state index in [1.807, 2.05) is 12.1 Å². The third-order valence-electron chi connectivity index (χ3n) is 5.01. The Morgan fingerprint density at radius 1 is 1.03 bits per heavy atom. The molecule has 160 valence electrons. The van der Waals surface area contributed by atoms with E-state index in [9.17, 15) is 17.9 Å². The second-order valence-electron chi connectivity index (χ2n) is 7.10. The van der Waals surface area contributed by atoms with Crippen LogP contribution in [0.4, 0.5) is 4.39 Å². The summed E-state index contributed by atoms with van der Waals surface area (Å²) in [5.41, 5.74) is 3.86. The van der Waals surface area contributed by atoms with Crippen LogP contribution < -0.4 is 5.56 Å². The zero-order valence-corrected chi connectivity index (χ0v) is 17.7. The molecule has 5 nitrogen and oxygen atoms in total. The lowest BCUT2D eigenvalue weighted by Crippen LogP contribution is -2.23. The Labute approximate surface area is 186 Å². The van der Waals surface area contributed by atoms with E-state index in [0.29, 0.717) is 33.5 Å². The largest absolute Gasteiger partial charge is 0.772 e. The highest BCUT2D eigenvalue weighted by molar-refractivity contribution is 7.78. The van der Waals surface area contributed by atoms with Gasteiger partial charge in [-0.2, -0.15) is 9.78 Å². The molecule has 0 aliphatic carbocycles. The van der Waals surface area contributed by atoms with Crippen LogP contribution in [0.15, 0.2) is 90.4 Å². The number of nitrogens with zero attached hydrogens (tertiary/aromatic N) is 2. The molecule has 0 saturated carbocycles. The Bertz CT molecular complexity index is 1360. The van der Waals surface area contributed by atoms with Crippen LogP contribution in [0.1, 0.15) is 11.1 Å². The van der Waals surface area contributed by atoms with Crippen molar-refractivity contribution in [1.29, 1.82) is 0 Å². The maximum absolute atomic E-state index is 13.6. The van der Waals surface area contributed by atoms with E-state index in [4.69, 9.17) is 0 Å². The van der Waals surface area contributed by atoms with Gasteiger partial charge in [-0.25, -0.2) is 4.39 Å². The van der Waals surface area contributed by atoms with Gasteiger partial charge in [-0.05, 0) is 46.5 Å². The lowest BCUT2D eigenvalue weighted by molar-refractivity contribution is 0.536. The van der Waals surface area contributed by atoms with E-state index in [-0.39, 0.29) is 11.3 Å². The fourth-order valence-corrected chi connectivity index (χ4v) is 3.92. The number of hydrogen-bond donors (Lipinski definition) is 0. The average Bonchev–Trinajstić information content (AvgIpc) is 2.80. The highest BCUT2D eigenvalue weighted by Crippen LogP contribution is 2.29. The van der Waals surface area contributed by atoms with Crippen LogP contribution in [0.25, 0.3) is 34.0 Å². The number of rotatable bonds is 6. The van der Waals surface area contributed by atoms with Crippen molar-refractivity contribution in [3.8, 4) is 27.9 Å². The molecule has 3 aromatic carbocycles. The fraction of sp³-hybridized carbons (Fsp3) is 0.0400. The first-order chi connectivity index (χ1) is 15.5.